The first-order valence-corrected chi connectivity index (χ1v) is 11.5. The molecule has 2 fully saturated rings. The molecule has 0 aliphatic carbocycles. The van der Waals surface area contributed by atoms with Gasteiger partial charge in [0.1, 0.15) is 0 Å². The van der Waals surface area contributed by atoms with Gasteiger partial charge >= 0.3 is 5.97 Å². The van der Waals surface area contributed by atoms with Crippen molar-refractivity contribution in [2.75, 3.05) is 37.0 Å². The zero-order chi connectivity index (χ0) is 24.2. The van der Waals surface area contributed by atoms with E-state index in [0.717, 1.165) is 11.3 Å². The predicted octanol–water partition coefficient (Wildman–Crippen LogP) is 3.01. The Hall–Kier alpha value is -3.68. The molecule has 0 radical (unpaired) electrons. The average molecular weight is 464 g/mol. The fraction of sp³-hybridized carbons (Fsp3) is 0.385. The summed E-state index contributed by atoms with van der Waals surface area (Å²) in [6, 6.07) is 14.3. The van der Waals surface area contributed by atoms with Gasteiger partial charge in [-0.3, -0.25) is 14.4 Å². The number of nitrogens with zero attached hydrogens (tertiary/aromatic N) is 2. The van der Waals surface area contributed by atoms with E-state index in [1.165, 1.54) is 7.11 Å². The van der Waals surface area contributed by atoms with Gasteiger partial charge in [0.2, 0.25) is 17.7 Å². The third kappa shape index (κ3) is 5.11. The molecule has 2 saturated heterocycles. The molecule has 178 valence electrons. The summed E-state index contributed by atoms with van der Waals surface area (Å²) < 4.78 is 4.68. The van der Waals surface area contributed by atoms with E-state index in [4.69, 9.17) is 0 Å². The van der Waals surface area contributed by atoms with Crippen molar-refractivity contribution in [1.29, 1.82) is 0 Å². The fourth-order valence-corrected chi connectivity index (χ4v) is 4.52. The zero-order valence-corrected chi connectivity index (χ0v) is 19.5. The molecule has 2 heterocycles. The second kappa shape index (κ2) is 10.1. The standard InChI is InChI=1S/C26H29N3O5/c1-17-3-9-22(10-4-17)29-16-20(15-23(29)30)25(32)28-13-11-18(12-14-28)24(31)27-21-7-5-19(6-8-21)26(33)34-2/h3-10,18,20H,11-16H2,1-2H3,(H,27,31). The van der Waals surface area contributed by atoms with E-state index in [0.29, 0.717) is 43.7 Å². The van der Waals surface area contributed by atoms with Crippen molar-refractivity contribution in [2.45, 2.75) is 26.2 Å². The lowest BCUT2D eigenvalue weighted by Crippen LogP contribution is -2.44. The van der Waals surface area contributed by atoms with Crippen LogP contribution in [0, 0.1) is 18.8 Å². The molecule has 2 aliphatic heterocycles. The maximum Gasteiger partial charge on any atom is 0.337 e. The fourth-order valence-electron chi connectivity index (χ4n) is 4.52. The van der Waals surface area contributed by atoms with Crippen LogP contribution in [0.3, 0.4) is 0 Å². The first-order valence-electron chi connectivity index (χ1n) is 11.5. The molecule has 0 bridgehead atoms. The summed E-state index contributed by atoms with van der Waals surface area (Å²) in [5.74, 6) is -1.12. The summed E-state index contributed by atoms with van der Waals surface area (Å²) in [7, 11) is 1.32. The molecule has 0 aromatic heterocycles. The van der Waals surface area contributed by atoms with Crippen LogP contribution < -0.4 is 10.2 Å². The molecule has 8 nitrogen and oxygen atoms in total. The number of carbonyl (C=O) groups is 4. The molecule has 2 aliphatic rings. The first-order chi connectivity index (χ1) is 16.4. The maximum absolute atomic E-state index is 13.1. The SMILES string of the molecule is COC(=O)c1ccc(NC(=O)C2CCN(C(=O)C3CC(=O)N(c4ccc(C)cc4)C3)CC2)cc1. The Bertz CT molecular complexity index is 1070. The van der Waals surface area contributed by atoms with Gasteiger partial charge in [-0.2, -0.15) is 0 Å². The van der Waals surface area contributed by atoms with Gasteiger partial charge < -0.3 is 19.9 Å². The molecule has 0 saturated carbocycles. The summed E-state index contributed by atoms with van der Waals surface area (Å²) in [6.45, 7) is 3.37. The van der Waals surface area contributed by atoms with E-state index in [9.17, 15) is 19.2 Å². The highest BCUT2D eigenvalue weighted by Crippen LogP contribution is 2.28. The number of likely N-dealkylation sites (tertiary alicyclic amines) is 1. The van der Waals surface area contributed by atoms with Crippen molar-refractivity contribution >= 4 is 35.1 Å². The summed E-state index contributed by atoms with van der Waals surface area (Å²) in [5.41, 5.74) is 2.96. The number of benzene rings is 2. The second-order valence-corrected chi connectivity index (χ2v) is 8.90. The molecule has 4 rings (SSSR count). The highest BCUT2D eigenvalue weighted by Gasteiger charge is 2.38. The second-order valence-electron chi connectivity index (χ2n) is 8.90. The van der Waals surface area contributed by atoms with Crippen LogP contribution in [0.4, 0.5) is 11.4 Å². The van der Waals surface area contributed by atoms with Crippen LogP contribution in [-0.4, -0.2) is 55.3 Å². The lowest BCUT2D eigenvalue weighted by molar-refractivity contribution is -0.138. The third-order valence-electron chi connectivity index (χ3n) is 6.57. The summed E-state index contributed by atoms with van der Waals surface area (Å²) in [4.78, 5) is 53.3. The van der Waals surface area contributed by atoms with Gasteiger partial charge in [0.25, 0.3) is 0 Å². The van der Waals surface area contributed by atoms with Gasteiger partial charge in [0.05, 0.1) is 18.6 Å². The number of anilines is 2. The number of carbonyl (C=O) groups excluding carboxylic acids is 4. The number of piperidine rings is 1. The number of hydrogen-bond acceptors (Lipinski definition) is 5. The van der Waals surface area contributed by atoms with Crippen LogP contribution in [0.25, 0.3) is 0 Å². The topological polar surface area (TPSA) is 96.0 Å². The Labute approximate surface area is 198 Å². The van der Waals surface area contributed by atoms with Gasteiger partial charge in [-0.05, 0) is 56.2 Å². The molecule has 2 aromatic carbocycles. The van der Waals surface area contributed by atoms with Crippen molar-refractivity contribution in [1.82, 2.24) is 4.90 Å². The van der Waals surface area contributed by atoms with E-state index in [1.54, 1.807) is 34.1 Å². The van der Waals surface area contributed by atoms with Gasteiger partial charge in [-0.25, -0.2) is 4.79 Å². The zero-order valence-electron chi connectivity index (χ0n) is 19.5. The summed E-state index contributed by atoms with van der Waals surface area (Å²) in [5, 5.41) is 2.88. The van der Waals surface area contributed by atoms with E-state index >= 15 is 0 Å². The van der Waals surface area contributed by atoms with E-state index in [2.05, 4.69) is 10.1 Å². The predicted molar refractivity (Wildman–Crippen MR) is 127 cm³/mol. The summed E-state index contributed by atoms with van der Waals surface area (Å²) >= 11 is 0. The molecular formula is C26H29N3O5. The molecule has 3 amide bonds. The number of methoxy groups -OCH3 is 1. The molecule has 0 spiro atoms. The highest BCUT2D eigenvalue weighted by molar-refractivity contribution is 6.00. The minimum absolute atomic E-state index is 0.0137. The maximum atomic E-state index is 13.1. The Kier molecular flexibility index (Phi) is 6.95. The van der Waals surface area contributed by atoms with Crippen LogP contribution in [0.1, 0.15) is 35.2 Å². The van der Waals surface area contributed by atoms with Gasteiger partial charge in [-0.15, -0.1) is 0 Å². The highest BCUT2D eigenvalue weighted by atomic mass is 16.5. The summed E-state index contributed by atoms with van der Waals surface area (Å²) in [6.07, 6.45) is 1.36. The minimum atomic E-state index is -0.430. The number of rotatable bonds is 5. The monoisotopic (exact) mass is 463 g/mol. The average Bonchev–Trinajstić information content (AvgIpc) is 3.25. The Morgan fingerprint density at radius 3 is 2.21 bits per heavy atom. The van der Waals surface area contributed by atoms with Crippen LogP contribution in [0.2, 0.25) is 0 Å². The van der Waals surface area contributed by atoms with Crippen molar-refractivity contribution in [3.63, 3.8) is 0 Å². The van der Waals surface area contributed by atoms with Gasteiger partial charge in [0, 0.05) is 43.3 Å². The van der Waals surface area contributed by atoms with Crippen molar-refractivity contribution < 1.29 is 23.9 Å². The lowest BCUT2D eigenvalue weighted by Gasteiger charge is -2.33. The minimum Gasteiger partial charge on any atom is -0.465 e. The number of nitrogens with one attached hydrogen (secondary N) is 1. The molecule has 2 aromatic rings. The van der Waals surface area contributed by atoms with Crippen LogP contribution in [0.5, 0.6) is 0 Å². The number of esters is 1. The Balaban J connectivity index is 1.28. The van der Waals surface area contributed by atoms with E-state index in [1.807, 2.05) is 31.2 Å². The molecule has 1 N–H and O–H groups in total. The van der Waals surface area contributed by atoms with E-state index < -0.39 is 5.97 Å². The largest absolute Gasteiger partial charge is 0.465 e. The molecule has 1 unspecified atom stereocenters. The van der Waals surface area contributed by atoms with Gasteiger partial charge in [-0.1, -0.05) is 17.7 Å². The number of aryl methyl sites for hydroxylation is 1. The Morgan fingerprint density at radius 1 is 0.941 bits per heavy atom. The molecule has 8 heteroatoms. The van der Waals surface area contributed by atoms with Crippen LogP contribution in [0.15, 0.2) is 48.5 Å². The number of hydrogen-bond donors (Lipinski definition) is 1. The van der Waals surface area contributed by atoms with Crippen molar-refractivity contribution in [3.05, 3.63) is 59.7 Å². The molecule has 1 atom stereocenters. The quantitative estimate of drug-likeness (QED) is 0.688. The number of amides is 3. The lowest BCUT2D eigenvalue weighted by atomic mass is 9.94. The van der Waals surface area contributed by atoms with Crippen molar-refractivity contribution in [2.24, 2.45) is 11.8 Å². The normalized spacial score (nSPS) is 18.6. The first kappa shape index (κ1) is 23.5. The van der Waals surface area contributed by atoms with Crippen molar-refractivity contribution in [3.8, 4) is 0 Å². The molecule has 34 heavy (non-hydrogen) atoms. The Morgan fingerprint density at radius 2 is 1.59 bits per heavy atom. The molecular weight excluding hydrogens is 434 g/mol. The number of ether oxygens (including phenoxy) is 1. The van der Waals surface area contributed by atoms with E-state index in [-0.39, 0.29) is 36.0 Å². The smallest absolute Gasteiger partial charge is 0.337 e. The van der Waals surface area contributed by atoms with Crippen LogP contribution in [-0.2, 0) is 19.1 Å². The third-order valence-corrected chi connectivity index (χ3v) is 6.57. The van der Waals surface area contributed by atoms with Crippen LogP contribution >= 0.6 is 0 Å². The van der Waals surface area contributed by atoms with Gasteiger partial charge in [0.15, 0.2) is 0 Å².